The Morgan fingerprint density at radius 3 is 2.58 bits per heavy atom. The Bertz CT molecular complexity index is 1300. The van der Waals surface area contributed by atoms with Crippen LogP contribution in [0.4, 0.5) is 10.1 Å². The molecule has 1 aliphatic heterocycles. The normalized spacial score (nSPS) is 14.9. The molecule has 0 radical (unpaired) electrons. The fraction of sp³-hybridized carbons (Fsp3) is 0.304. The maximum atomic E-state index is 14.5. The lowest BCUT2D eigenvalue weighted by Gasteiger charge is -2.26. The van der Waals surface area contributed by atoms with E-state index in [1.165, 1.54) is 41.6 Å². The lowest BCUT2D eigenvalue weighted by Crippen LogP contribution is -2.35. The van der Waals surface area contributed by atoms with Gasteiger partial charge in [-0.3, -0.25) is 4.79 Å². The summed E-state index contributed by atoms with van der Waals surface area (Å²) in [4.78, 5) is 13.3. The van der Waals surface area contributed by atoms with Crippen molar-refractivity contribution >= 4 is 33.2 Å². The maximum absolute atomic E-state index is 14.5. The molecule has 1 fully saturated rings. The zero-order valence-electron chi connectivity index (χ0n) is 18.2. The molecule has 0 atom stereocenters. The minimum absolute atomic E-state index is 0.0192. The minimum Gasteiger partial charge on any atom is -0.360 e. The van der Waals surface area contributed by atoms with Crippen LogP contribution in [-0.4, -0.2) is 36.9 Å². The van der Waals surface area contributed by atoms with Crippen LogP contribution in [0.25, 0.3) is 11.3 Å². The first-order chi connectivity index (χ1) is 15.7. The summed E-state index contributed by atoms with van der Waals surface area (Å²) in [6, 6.07) is 8.77. The predicted octanol–water partition coefficient (Wildman–Crippen LogP) is 5.18. The van der Waals surface area contributed by atoms with Gasteiger partial charge in [0.1, 0.15) is 22.8 Å². The summed E-state index contributed by atoms with van der Waals surface area (Å²) in [5.74, 6) is -1.08. The number of nitrogens with one attached hydrogen (secondary N) is 1. The van der Waals surface area contributed by atoms with Crippen LogP contribution in [0, 0.1) is 19.7 Å². The van der Waals surface area contributed by atoms with Crippen LogP contribution in [-0.2, 0) is 10.0 Å². The molecule has 1 saturated heterocycles. The molecule has 0 saturated carbocycles. The van der Waals surface area contributed by atoms with Gasteiger partial charge in [-0.25, -0.2) is 12.8 Å². The van der Waals surface area contributed by atoms with Crippen molar-refractivity contribution in [1.29, 1.82) is 0 Å². The highest BCUT2D eigenvalue weighted by Gasteiger charge is 2.28. The summed E-state index contributed by atoms with van der Waals surface area (Å²) in [5, 5.41) is 6.66. The number of sulfonamides is 1. The molecule has 33 heavy (non-hydrogen) atoms. The summed E-state index contributed by atoms with van der Waals surface area (Å²) in [7, 11) is -3.68. The van der Waals surface area contributed by atoms with Crippen molar-refractivity contribution in [2.24, 2.45) is 0 Å². The van der Waals surface area contributed by atoms with Crippen LogP contribution < -0.4 is 5.32 Å². The molecule has 0 spiro atoms. The number of benzene rings is 2. The Morgan fingerprint density at radius 2 is 1.88 bits per heavy atom. The Morgan fingerprint density at radius 1 is 1.15 bits per heavy atom. The number of nitrogens with zero attached hydrogens (tertiary/aromatic N) is 2. The van der Waals surface area contributed by atoms with E-state index >= 15 is 0 Å². The van der Waals surface area contributed by atoms with Crippen molar-refractivity contribution in [1.82, 2.24) is 9.46 Å². The molecule has 1 aliphatic rings. The summed E-state index contributed by atoms with van der Waals surface area (Å²) >= 11 is 6.16. The average Bonchev–Trinajstić information content (AvgIpc) is 3.16. The fourth-order valence-corrected chi connectivity index (χ4v) is 5.67. The molecular weight excluding hydrogens is 469 g/mol. The van der Waals surface area contributed by atoms with Crippen molar-refractivity contribution in [2.45, 2.75) is 38.0 Å². The molecule has 0 unspecified atom stereocenters. The average molecular weight is 492 g/mol. The third-order valence-corrected chi connectivity index (χ3v) is 7.91. The van der Waals surface area contributed by atoms with Gasteiger partial charge in [-0.1, -0.05) is 35.3 Å². The van der Waals surface area contributed by atoms with Gasteiger partial charge in [0.05, 0.1) is 15.5 Å². The molecule has 10 heteroatoms. The molecule has 3 aromatic rings. The number of carbonyl (C=O) groups excluding carboxylic acids is 1. The van der Waals surface area contributed by atoms with Crippen LogP contribution in [0.3, 0.4) is 0 Å². The standard InChI is InChI=1S/C23H23ClFN3O4S/c1-14-9-10-16(33(30,31)28-11-4-3-5-12-28)13-19(14)26-23(29)20-15(2)32-27-22(20)21-17(24)7-6-8-18(21)25/h6-10,13H,3-5,11-12H2,1-2H3,(H,26,29). The van der Waals surface area contributed by atoms with E-state index in [1.54, 1.807) is 13.0 Å². The van der Waals surface area contributed by atoms with Gasteiger partial charge >= 0.3 is 0 Å². The summed E-state index contributed by atoms with van der Waals surface area (Å²) < 4.78 is 47.2. The Kier molecular flexibility index (Phi) is 6.56. The fourth-order valence-electron chi connectivity index (χ4n) is 3.87. The summed E-state index contributed by atoms with van der Waals surface area (Å²) in [6.07, 6.45) is 2.65. The molecule has 4 rings (SSSR count). The maximum Gasteiger partial charge on any atom is 0.261 e. The monoisotopic (exact) mass is 491 g/mol. The van der Waals surface area contributed by atoms with E-state index in [0.717, 1.165) is 19.3 Å². The molecule has 2 aromatic carbocycles. The molecule has 1 aromatic heterocycles. The quantitative estimate of drug-likeness (QED) is 0.531. The second-order valence-corrected chi connectivity index (χ2v) is 10.3. The van der Waals surface area contributed by atoms with Gasteiger partial charge in [-0.05, 0) is 56.5 Å². The van der Waals surface area contributed by atoms with E-state index < -0.39 is 21.7 Å². The van der Waals surface area contributed by atoms with E-state index in [-0.39, 0.29) is 32.5 Å². The van der Waals surface area contributed by atoms with Crippen LogP contribution in [0.5, 0.6) is 0 Å². The van der Waals surface area contributed by atoms with Crippen LogP contribution >= 0.6 is 11.6 Å². The van der Waals surface area contributed by atoms with E-state index in [9.17, 15) is 17.6 Å². The molecule has 1 amide bonds. The van der Waals surface area contributed by atoms with E-state index in [4.69, 9.17) is 16.1 Å². The van der Waals surface area contributed by atoms with Gasteiger partial charge in [0, 0.05) is 18.8 Å². The third kappa shape index (κ3) is 4.53. The molecule has 174 valence electrons. The lowest BCUT2D eigenvalue weighted by atomic mass is 10.0. The van der Waals surface area contributed by atoms with Gasteiger partial charge in [-0.2, -0.15) is 4.31 Å². The van der Waals surface area contributed by atoms with Gasteiger partial charge in [0.15, 0.2) is 0 Å². The second kappa shape index (κ2) is 9.24. The van der Waals surface area contributed by atoms with Crippen molar-refractivity contribution in [3.8, 4) is 11.3 Å². The third-order valence-electron chi connectivity index (χ3n) is 5.70. The van der Waals surface area contributed by atoms with Crippen molar-refractivity contribution in [3.63, 3.8) is 0 Å². The predicted molar refractivity (Wildman–Crippen MR) is 123 cm³/mol. The number of hydrogen-bond acceptors (Lipinski definition) is 5. The highest BCUT2D eigenvalue weighted by Crippen LogP contribution is 2.34. The zero-order valence-corrected chi connectivity index (χ0v) is 19.8. The van der Waals surface area contributed by atoms with Crippen molar-refractivity contribution < 1.29 is 22.1 Å². The Hall–Kier alpha value is -2.75. The number of anilines is 1. The number of aryl methyl sites for hydroxylation is 2. The number of hydrogen-bond donors (Lipinski definition) is 1. The second-order valence-electron chi connectivity index (χ2n) is 7.95. The first-order valence-electron chi connectivity index (χ1n) is 10.5. The number of piperidine rings is 1. The van der Waals surface area contributed by atoms with Crippen LogP contribution in [0.2, 0.25) is 5.02 Å². The van der Waals surface area contributed by atoms with Crippen molar-refractivity contribution in [2.75, 3.05) is 18.4 Å². The highest BCUT2D eigenvalue weighted by atomic mass is 35.5. The number of halogens is 2. The molecule has 7 nitrogen and oxygen atoms in total. The molecule has 0 bridgehead atoms. The Balaban J connectivity index is 1.68. The smallest absolute Gasteiger partial charge is 0.261 e. The SMILES string of the molecule is Cc1ccc(S(=O)(=O)N2CCCCC2)cc1NC(=O)c1c(-c2c(F)cccc2Cl)noc1C. The number of aromatic nitrogens is 1. The van der Waals surface area contributed by atoms with Crippen LogP contribution in [0.15, 0.2) is 45.8 Å². The van der Waals surface area contributed by atoms with E-state index in [0.29, 0.717) is 24.3 Å². The summed E-state index contributed by atoms with van der Waals surface area (Å²) in [6.45, 7) is 4.24. The highest BCUT2D eigenvalue weighted by molar-refractivity contribution is 7.89. The molecule has 2 heterocycles. The lowest BCUT2D eigenvalue weighted by molar-refractivity contribution is 0.102. The van der Waals surface area contributed by atoms with Gasteiger partial charge < -0.3 is 9.84 Å². The summed E-state index contributed by atoms with van der Waals surface area (Å²) in [5.41, 5.74) is 0.942. The topological polar surface area (TPSA) is 92.5 Å². The number of rotatable bonds is 5. The molecule has 0 aliphatic carbocycles. The van der Waals surface area contributed by atoms with Crippen LogP contribution in [0.1, 0.15) is 40.9 Å². The molecule has 1 N–H and O–H groups in total. The van der Waals surface area contributed by atoms with Gasteiger partial charge in [0.2, 0.25) is 10.0 Å². The minimum atomic E-state index is -3.68. The van der Waals surface area contributed by atoms with Gasteiger partial charge in [-0.15, -0.1) is 0 Å². The number of amides is 1. The van der Waals surface area contributed by atoms with E-state index in [2.05, 4.69) is 10.5 Å². The largest absolute Gasteiger partial charge is 0.360 e. The van der Waals surface area contributed by atoms with Gasteiger partial charge in [0.25, 0.3) is 5.91 Å². The Labute approximate surface area is 196 Å². The zero-order chi connectivity index (χ0) is 23.8. The van der Waals surface area contributed by atoms with Crippen molar-refractivity contribution in [3.05, 3.63) is 64.1 Å². The number of carbonyl (C=O) groups is 1. The van der Waals surface area contributed by atoms with E-state index in [1.807, 2.05) is 0 Å². The first kappa shape index (κ1) is 23.4. The molecular formula is C23H23ClFN3O4S. The first-order valence-corrected chi connectivity index (χ1v) is 12.3.